The van der Waals surface area contributed by atoms with Crippen molar-refractivity contribution in [3.8, 4) is 5.75 Å². The summed E-state index contributed by atoms with van der Waals surface area (Å²) in [7, 11) is 0. The van der Waals surface area contributed by atoms with Gasteiger partial charge in [0.2, 0.25) is 0 Å². The van der Waals surface area contributed by atoms with Gasteiger partial charge in [0.05, 0.1) is 25.3 Å². The van der Waals surface area contributed by atoms with E-state index in [9.17, 15) is 18.0 Å². The van der Waals surface area contributed by atoms with Gasteiger partial charge in [0.1, 0.15) is 25.0 Å². The lowest BCUT2D eigenvalue weighted by Gasteiger charge is -2.31. The van der Waals surface area contributed by atoms with Crippen LogP contribution in [0.5, 0.6) is 5.75 Å². The fourth-order valence-electron chi connectivity index (χ4n) is 2.98. The Balaban J connectivity index is 1.59. The van der Waals surface area contributed by atoms with Gasteiger partial charge in [0.25, 0.3) is 11.7 Å². The first-order valence-electron chi connectivity index (χ1n) is 8.74. The van der Waals surface area contributed by atoms with Gasteiger partial charge in [-0.15, -0.1) is 0 Å². The number of benzene rings is 1. The molecule has 8 heteroatoms. The summed E-state index contributed by atoms with van der Waals surface area (Å²) in [6, 6.07) is 9.50. The molecule has 0 aliphatic carbocycles. The van der Waals surface area contributed by atoms with Gasteiger partial charge in [-0.05, 0) is 37.3 Å². The third-order valence-corrected chi connectivity index (χ3v) is 4.44. The van der Waals surface area contributed by atoms with Crippen LogP contribution in [0, 0.1) is 0 Å². The molecule has 1 N–H and O–H groups in total. The highest BCUT2D eigenvalue weighted by Gasteiger charge is 2.33. The van der Waals surface area contributed by atoms with E-state index in [1.807, 2.05) is 11.8 Å². The van der Waals surface area contributed by atoms with E-state index in [0.717, 1.165) is 18.0 Å². The van der Waals surface area contributed by atoms with Crippen molar-refractivity contribution < 1.29 is 27.7 Å². The number of amides is 1. The van der Waals surface area contributed by atoms with Crippen LogP contribution in [0.25, 0.3) is 0 Å². The number of hydrogen-bond acceptors (Lipinski definition) is 3. The van der Waals surface area contributed by atoms with Gasteiger partial charge in [0.15, 0.2) is 0 Å². The van der Waals surface area contributed by atoms with Gasteiger partial charge in [-0.25, -0.2) is 4.98 Å². The summed E-state index contributed by atoms with van der Waals surface area (Å²) in [6.45, 7) is 4.56. The number of anilines is 1. The molecule has 1 aromatic carbocycles. The van der Waals surface area contributed by atoms with Crippen molar-refractivity contribution in [2.75, 3.05) is 37.7 Å². The van der Waals surface area contributed by atoms with Crippen LogP contribution in [0.1, 0.15) is 22.8 Å². The lowest BCUT2D eigenvalue weighted by Crippen LogP contribution is -2.50. The molecular formula is C19H21F3N3O2+. The van der Waals surface area contributed by atoms with Crippen molar-refractivity contribution in [2.45, 2.75) is 13.1 Å². The number of halogens is 3. The van der Waals surface area contributed by atoms with Gasteiger partial charge in [-0.2, -0.15) is 13.2 Å². The summed E-state index contributed by atoms with van der Waals surface area (Å²) in [4.78, 5) is 19.0. The molecule has 0 unspecified atom stereocenters. The molecule has 0 spiro atoms. The summed E-state index contributed by atoms with van der Waals surface area (Å²) < 4.78 is 43.3. The van der Waals surface area contributed by atoms with Gasteiger partial charge < -0.3 is 9.64 Å². The Kier molecular flexibility index (Phi) is 5.53. The van der Waals surface area contributed by atoms with Crippen LogP contribution in [-0.2, 0) is 6.18 Å². The number of carbonyl (C=O) groups is 1. The first-order chi connectivity index (χ1) is 12.9. The summed E-state index contributed by atoms with van der Waals surface area (Å²) in [5, 5.41) is 0. The Labute approximate surface area is 155 Å². The molecule has 3 rings (SSSR count). The first kappa shape index (κ1) is 19.0. The number of nitrogens with one attached hydrogen (secondary N) is 1. The van der Waals surface area contributed by atoms with Crippen LogP contribution in [0.15, 0.2) is 42.6 Å². The summed E-state index contributed by atoms with van der Waals surface area (Å²) in [5.41, 5.74) is -0.122. The Bertz CT molecular complexity index is 768. The lowest BCUT2D eigenvalue weighted by molar-refractivity contribution is -0.367. The Morgan fingerprint density at radius 2 is 1.74 bits per heavy atom. The number of nitrogens with zero attached hydrogens (tertiary/aromatic N) is 2. The molecule has 0 atom stereocenters. The molecule has 0 saturated carbocycles. The van der Waals surface area contributed by atoms with E-state index < -0.39 is 11.7 Å². The van der Waals surface area contributed by atoms with Crippen molar-refractivity contribution >= 4 is 11.7 Å². The lowest BCUT2D eigenvalue weighted by atomic mass is 10.1. The van der Waals surface area contributed by atoms with Crippen LogP contribution in [-0.4, -0.2) is 43.6 Å². The zero-order valence-corrected chi connectivity index (χ0v) is 14.9. The SMILES string of the molecule is CCOc1ccc(C(=O)N2CCN(c3ccc(C(F)(F)F)c[nH+]3)CC2)cc1. The van der Waals surface area contributed by atoms with Crippen molar-refractivity contribution in [1.82, 2.24) is 4.90 Å². The van der Waals surface area contributed by atoms with E-state index in [1.54, 1.807) is 29.2 Å². The highest BCUT2D eigenvalue weighted by molar-refractivity contribution is 5.94. The minimum absolute atomic E-state index is 0.0610. The van der Waals surface area contributed by atoms with Crippen LogP contribution in [0.2, 0.25) is 0 Å². The number of aromatic amines is 1. The normalized spacial score (nSPS) is 15.0. The summed E-state index contributed by atoms with van der Waals surface area (Å²) in [5.74, 6) is 1.27. The van der Waals surface area contributed by atoms with Crippen LogP contribution < -0.4 is 14.6 Å². The van der Waals surface area contributed by atoms with Crippen LogP contribution in [0.3, 0.4) is 0 Å². The molecule has 5 nitrogen and oxygen atoms in total. The molecule has 2 heterocycles. The van der Waals surface area contributed by atoms with Crippen LogP contribution >= 0.6 is 0 Å². The second-order valence-electron chi connectivity index (χ2n) is 6.20. The minimum Gasteiger partial charge on any atom is -0.494 e. The number of H-pyrrole nitrogens is 1. The quantitative estimate of drug-likeness (QED) is 0.820. The van der Waals surface area contributed by atoms with Gasteiger partial charge >= 0.3 is 6.18 Å². The third kappa shape index (κ3) is 4.50. The molecule has 27 heavy (non-hydrogen) atoms. The Morgan fingerprint density at radius 3 is 2.26 bits per heavy atom. The monoisotopic (exact) mass is 380 g/mol. The molecule has 1 aromatic heterocycles. The maximum absolute atomic E-state index is 12.6. The molecule has 144 valence electrons. The number of rotatable bonds is 4. The van der Waals surface area contributed by atoms with E-state index in [2.05, 4.69) is 4.98 Å². The molecule has 1 aliphatic heterocycles. The molecule has 1 amide bonds. The maximum atomic E-state index is 12.6. The van der Waals surface area contributed by atoms with Crippen molar-refractivity contribution in [2.24, 2.45) is 0 Å². The molecule has 0 bridgehead atoms. The topological polar surface area (TPSA) is 46.9 Å². The van der Waals surface area contributed by atoms with Gasteiger partial charge in [0, 0.05) is 11.6 Å². The zero-order chi connectivity index (χ0) is 19.4. The highest BCUT2D eigenvalue weighted by Crippen LogP contribution is 2.28. The largest absolute Gasteiger partial charge is 0.494 e. The fourth-order valence-corrected chi connectivity index (χ4v) is 2.98. The number of aromatic nitrogens is 1. The van der Waals surface area contributed by atoms with Crippen molar-refractivity contribution in [3.63, 3.8) is 0 Å². The second kappa shape index (κ2) is 7.85. The number of piperazine rings is 1. The Hall–Kier alpha value is -2.77. The Morgan fingerprint density at radius 1 is 1.07 bits per heavy atom. The molecule has 1 saturated heterocycles. The fraction of sp³-hybridized carbons (Fsp3) is 0.368. The maximum Gasteiger partial charge on any atom is 0.419 e. The number of alkyl halides is 3. The third-order valence-electron chi connectivity index (χ3n) is 4.44. The second-order valence-corrected chi connectivity index (χ2v) is 6.20. The van der Waals surface area contributed by atoms with E-state index in [-0.39, 0.29) is 5.91 Å². The summed E-state index contributed by atoms with van der Waals surface area (Å²) in [6.07, 6.45) is -3.40. The first-order valence-corrected chi connectivity index (χ1v) is 8.74. The molecular weight excluding hydrogens is 359 g/mol. The highest BCUT2D eigenvalue weighted by atomic mass is 19.4. The summed E-state index contributed by atoms with van der Waals surface area (Å²) >= 11 is 0. The minimum atomic E-state index is -4.36. The van der Waals surface area contributed by atoms with Crippen LogP contribution in [0.4, 0.5) is 19.0 Å². The molecule has 0 radical (unpaired) electrons. The molecule has 1 fully saturated rings. The molecule has 1 aliphatic rings. The average molecular weight is 380 g/mol. The van der Waals surface area contributed by atoms with E-state index in [0.29, 0.717) is 44.2 Å². The number of hydrogen-bond donors (Lipinski definition) is 0. The van der Waals surface area contributed by atoms with E-state index >= 15 is 0 Å². The standard InChI is InChI=1S/C19H20F3N3O2/c1-2-27-16-6-3-14(4-7-16)18(26)25-11-9-24(10-12-25)17-8-5-15(13-23-17)19(20,21)22/h3-8,13H,2,9-12H2,1H3/p+1. The van der Waals surface area contributed by atoms with E-state index in [1.165, 1.54) is 6.07 Å². The smallest absolute Gasteiger partial charge is 0.419 e. The average Bonchev–Trinajstić information content (AvgIpc) is 2.68. The predicted molar refractivity (Wildman–Crippen MR) is 93.7 cm³/mol. The number of ether oxygens (including phenoxy) is 1. The number of carbonyl (C=O) groups excluding carboxylic acids is 1. The van der Waals surface area contributed by atoms with Crippen molar-refractivity contribution in [1.29, 1.82) is 0 Å². The van der Waals surface area contributed by atoms with Crippen molar-refractivity contribution in [3.05, 3.63) is 53.7 Å². The number of pyridine rings is 1. The van der Waals surface area contributed by atoms with Gasteiger partial charge in [-0.3, -0.25) is 9.69 Å². The van der Waals surface area contributed by atoms with E-state index in [4.69, 9.17) is 4.74 Å². The van der Waals surface area contributed by atoms with Gasteiger partial charge in [-0.1, -0.05) is 0 Å². The zero-order valence-electron chi connectivity index (χ0n) is 14.9. The molecule has 2 aromatic rings. The predicted octanol–water partition coefficient (Wildman–Crippen LogP) is 2.88.